The molecule has 2 rings (SSSR count). The van der Waals surface area contributed by atoms with Gasteiger partial charge >= 0.3 is 5.97 Å². The standard InChI is InChI=1S/C10H14O2/c1-7(11)12-6-10-5-8-2-3-9(10)4-8/h2-3,8-10H,4-6H2,1H3/t8-,9-,10-/m0/s1. The fraction of sp³-hybridized carbons (Fsp3) is 0.700. The summed E-state index contributed by atoms with van der Waals surface area (Å²) in [4.78, 5) is 10.6. The van der Waals surface area contributed by atoms with Crippen LogP contribution in [0.1, 0.15) is 19.8 Å². The average molecular weight is 166 g/mol. The predicted molar refractivity (Wildman–Crippen MR) is 45.5 cm³/mol. The van der Waals surface area contributed by atoms with Gasteiger partial charge in [0, 0.05) is 6.92 Å². The second-order valence-electron chi connectivity index (χ2n) is 3.84. The average Bonchev–Trinajstić information content (AvgIpc) is 2.60. The smallest absolute Gasteiger partial charge is 0.302 e. The van der Waals surface area contributed by atoms with E-state index in [0.717, 1.165) is 5.92 Å². The Morgan fingerprint density at radius 2 is 2.33 bits per heavy atom. The Labute approximate surface area is 72.6 Å². The van der Waals surface area contributed by atoms with E-state index in [0.29, 0.717) is 18.4 Å². The summed E-state index contributed by atoms with van der Waals surface area (Å²) in [5.74, 6) is 1.91. The molecule has 0 N–H and O–H groups in total. The van der Waals surface area contributed by atoms with Gasteiger partial charge in [0.1, 0.15) is 0 Å². The lowest BCUT2D eigenvalue weighted by Gasteiger charge is -2.16. The molecule has 2 aliphatic carbocycles. The maximum Gasteiger partial charge on any atom is 0.302 e. The van der Waals surface area contributed by atoms with Crippen LogP contribution in [0.2, 0.25) is 0 Å². The zero-order chi connectivity index (χ0) is 8.55. The molecule has 0 heterocycles. The van der Waals surface area contributed by atoms with E-state index >= 15 is 0 Å². The molecule has 1 saturated carbocycles. The molecular formula is C10H14O2. The lowest BCUT2D eigenvalue weighted by atomic mass is 9.95. The van der Waals surface area contributed by atoms with Gasteiger partial charge in [-0.1, -0.05) is 12.2 Å². The van der Waals surface area contributed by atoms with Gasteiger partial charge in [-0.25, -0.2) is 0 Å². The fourth-order valence-corrected chi connectivity index (χ4v) is 2.31. The van der Waals surface area contributed by atoms with E-state index in [1.807, 2.05) is 0 Å². The highest BCUT2D eigenvalue weighted by Gasteiger charge is 2.35. The van der Waals surface area contributed by atoms with E-state index in [4.69, 9.17) is 4.74 Å². The number of esters is 1. The summed E-state index contributed by atoms with van der Waals surface area (Å²) < 4.78 is 5.01. The first-order chi connectivity index (χ1) is 5.75. The van der Waals surface area contributed by atoms with Gasteiger partial charge in [-0.15, -0.1) is 0 Å². The summed E-state index contributed by atoms with van der Waals surface area (Å²) in [6, 6.07) is 0. The number of ether oxygens (including phenoxy) is 1. The van der Waals surface area contributed by atoms with E-state index < -0.39 is 0 Å². The zero-order valence-corrected chi connectivity index (χ0v) is 7.32. The van der Waals surface area contributed by atoms with Crippen LogP contribution in [0.25, 0.3) is 0 Å². The Kier molecular flexibility index (Phi) is 1.91. The largest absolute Gasteiger partial charge is 0.466 e. The summed E-state index contributed by atoms with van der Waals surface area (Å²) in [7, 11) is 0. The van der Waals surface area contributed by atoms with Crippen molar-refractivity contribution in [2.75, 3.05) is 6.61 Å². The molecule has 12 heavy (non-hydrogen) atoms. The van der Waals surface area contributed by atoms with Gasteiger partial charge in [0.2, 0.25) is 0 Å². The maximum atomic E-state index is 10.6. The second-order valence-corrected chi connectivity index (χ2v) is 3.84. The van der Waals surface area contributed by atoms with Crippen molar-refractivity contribution in [3.05, 3.63) is 12.2 Å². The van der Waals surface area contributed by atoms with Crippen molar-refractivity contribution in [2.45, 2.75) is 19.8 Å². The van der Waals surface area contributed by atoms with Crippen LogP contribution in [0.15, 0.2) is 12.2 Å². The fourth-order valence-electron chi connectivity index (χ4n) is 2.31. The molecule has 0 saturated heterocycles. The van der Waals surface area contributed by atoms with E-state index in [1.54, 1.807) is 0 Å². The first kappa shape index (κ1) is 7.84. The predicted octanol–water partition coefficient (Wildman–Crippen LogP) is 1.76. The highest BCUT2D eigenvalue weighted by molar-refractivity contribution is 5.65. The second kappa shape index (κ2) is 2.92. The molecule has 1 fully saturated rings. The van der Waals surface area contributed by atoms with Gasteiger partial charge in [-0.05, 0) is 30.6 Å². The summed E-state index contributed by atoms with van der Waals surface area (Å²) in [5, 5.41) is 0. The molecular weight excluding hydrogens is 152 g/mol. The Bertz CT molecular complexity index is 220. The minimum Gasteiger partial charge on any atom is -0.466 e. The van der Waals surface area contributed by atoms with Crippen molar-refractivity contribution in [2.24, 2.45) is 17.8 Å². The number of allylic oxidation sites excluding steroid dienone is 2. The highest BCUT2D eigenvalue weighted by atomic mass is 16.5. The quantitative estimate of drug-likeness (QED) is 0.461. The monoisotopic (exact) mass is 166 g/mol. The summed E-state index contributed by atoms with van der Waals surface area (Å²) in [5.41, 5.74) is 0. The summed E-state index contributed by atoms with van der Waals surface area (Å²) >= 11 is 0. The number of carbonyl (C=O) groups is 1. The van der Waals surface area contributed by atoms with E-state index in [-0.39, 0.29) is 5.97 Å². The van der Waals surface area contributed by atoms with Crippen molar-refractivity contribution in [1.82, 2.24) is 0 Å². The molecule has 0 aromatic carbocycles. The molecule has 0 aromatic heterocycles. The van der Waals surface area contributed by atoms with Gasteiger partial charge in [0.25, 0.3) is 0 Å². The zero-order valence-electron chi connectivity index (χ0n) is 7.32. The van der Waals surface area contributed by atoms with Crippen molar-refractivity contribution in [3.63, 3.8) is 0 Å². The number of carbonyl (C=O) groups excluding carboxylic acids is 1. The molecule has 2 bridgehead atoms. The summed E-state index contributed by atoms with van der Waals surface area (Å²) in [6.45, 7) is 2.10. The van der Waals surface area contributed by atoms with Crippen LogP contribution in [0.4, 0.5) is 0 Å². The normalized spacial score (nSPS) is 37.2. The van der Waals surface area contributed by atoms with Gasteiger partial charge in [0.15, 0.2) is 0 Å². The molecule has 0 amide bonds. The molecule has 2 nitrogen and oxygen atoms in total. The highest BCUT2D eigenvalue weighted by Crippen LogP contribution is 2.43. The van der Waals surface area contributed by atoms with Gasteiger partial charge < -0.3 is 4.74 Å². The van der Waals surface area contributed by atoms with Crippen LogP contribution in [-0.2, 0) is 9.53 Å². The molecule has 0 radical (unpaired) electrons. The number of hydrogen-bond acceptors (Lipinski definition) is 2. The molecule has 0 spiro atoms. The molecule has 2 heteroatoms. The van der Waals surface area contributed by atoms with Crippen molar-refractivity contribution >= 4 is 5.97 Å². The first-order valence-corrected chi connectivity index (χ1v) is 4.57. The molecule has 66 valence electrons. The lowest BCUT2D eigenvalue weighted by molar-refractivity contribution is -0.142. The van der Waals surface area contributed by atoms with E-state index in [9.17, 15) is 4.79 Å². The Balaban J connectivity index is 1.83. The van der Waals surface area contributed by atoms with Crippen molar-refractivity contribution in [3.8, 4) is 0 Å². The number of hydrogen-bond donors (Lipinski definition) is 0. The van der Waals surface area contributed by atoms with Crippen LogP contribution in [0.5, 0.6) is 0 Å². The molecule has 0 unspecified atom stereocenters. The third kappa shape index (κ3) is 1.38. The van der Waals surface area contributed by atoms with Crippen molar-refractivity contribution in [1.29, 1.82) is 0 Å². The van der Waals surface area contributed by atoms with Crippen molar-refractivity contribution < 1.29 is 9.53 Å². The molecule has 3 atom stereocenters. The van der Waals surface area contributed by atoms with Crippen LogP contribution in [0, 0.1) is 17.8 Å². The van der Waals surface area contributed by atoms with Gasteiger partial charge in [-0.2, -0.15) is 0 Å². The third-order valence-corrected chi connectivity index (χ3v) is 2.92. The maximum absolute atomic E-state index is 10.6. The van der Waals surface area contributed by atoms with E-state index in [1.165, 1.54) is 19.8 Å². The topological polar surface area (TPSA) is 26.3 Å². The van der Waals surface area contributed by atoms with Crippen LogP contribution in [-0.4, -0.2) is 12.6 Å². The van der Waals surface area contributed by atoms with Gasteiger partial charge in [-0.3, -0.25) is 4.79 Å². The van der Waals surface area contributed by atoms with E-state index in [2.05, 4.69) is 12.2 Å². The number of fused-ring (bicyclic) bond motifs is 2. The lowest BCUT2D eigenvalue weighted by Crippen LogP contribution is -2.16. The third-order valence-electron chi connectivity index (χ3n) is 2.92. The Morgan fingerprint density at radius 3 is 2.83 bits per heavy atom. The molecule has 0 aromatic rings. The first-order valence-electron chi connectivity index (χ1n) is 4.57. The molecule has 2 aliphatic rings. The van der Waals surface area contributed by atoms with Crippen LogP contribution in [0.3, 0.4) is 0 Å². The summed E-state index contributed by atoms with van der Waals surface area (Å²) in [6.07, 6.45) is 7.08. The SMILES string of the molecule is CC(=O)OC[C@@H]1C[C@H]2C=C[C@H]1C2. The Hall–Kier alpha value is -0.790. The van der Waals surface area contributed by atoms with Crippen LogP contribution >= 0.6 is 0 Å². The Morgan fingerprint density at radius 1 is 1.50 bits per heavy atom. The minimum absolute atomic E-state index is 0.151. The van der Waals surface area contributed by atoms with Gasteiger partial charge in [0.05, 0.1) is 6.61 Å². The minimum atomic E-state index is -0.151. The van der Waals surface area contributed by atoms with Crippen LogP contribution < -0.4 is 0 Å². The molecule has 0 aliphatic heterocycles. The number of rotatable bonds is 2.